The van der Waals surface area contributed by atoms with Crippen molar-refractivity contribution in [3.8, 4) is 5.75 Å². The summed E-state index contributed by atoms with van der Waals surface area (Å²) in [6.45, 7) is 0.367. The average molecular weight is 306 g/mol. The number of nitrogens with one attached hydrogen (secondary N) is 2. The Balaban J connectivity index is 1.77. The van der Waals surface area contributed by atoms with Gasteiger partial charge in [0.1, 0.15) is 5.75 Å². The van der Waals surface area contributed by atoms with Crippen LogP contribution in [0.15, 0.2) is 24.3 Å². The lowest BCUT2D eigenvalue weighted by molar-refractivity contribution is -0.139. The second-order valence-corrected chi connectivity index (χ2v) is 5.65. The van der Waals surface area contributed by atoms with Crippen LogP contribution in [-0.2, 0) is 16.1 Å². The molecule has 120 valence electrons. The number of hydrogen-bond donors (Lipinski definition) is 3. The normalized spacial score (nSPS) is 16.1. The molecule has 1 aliphatic carbocycles. The maximum atomic E-state index is 11.7. The third-order valence-corrected chi connectivity index (χ3v) is 3.91. The van der Waals surface area contributed by atoms with Gasteiger partial charge < -0.3 is 20.5 Å². The maximum Gasteiger partial charge on any atom is 0.309 e. The van der Waals surface area contributed by atoms with E-state index in [2.05, 4.69) is 10.6 Å². The van der Waals surface area contributed by atoms with Crippen LogP contribution in [-0.4, -0.2) is 36.2 Å². The molecule has 22 heavy (non-hydrogen) atoms. The van der Waals surface area contributed by atoms with Crippen molar-refractivity contribution in [3.05, 3.63) is 29.8 Å². The first-order chi connectivity index (χ1) is 10.5. The van der Waals surface area contributed by atoms with Gasteiger partial charge in [0.2, 0.25) is 0 Å². The highest BCUT2D eigenvalue weighted by Gasteiger charge is 2.31. The number of rotatable bonds is 5. The fraction of sp³-hybridized carbons (Fsp3) is 0.500. The maximum absolute atomic E-state index is 11.7. The number of hydrogen-bond acceptors (Lipinski definition) is 4. The molecule has 0 atom stereocenters. The zero-order valence-corrected chi connectivity index (χ0v) is 12.7. The summed E-state index contributed by atoms with van der Waals surface area (Å²) in [4.78, 5) is 23.5. The van der Waals surface area contributed by atoms with Crippen molar-refractivity contribution >= 4 is 11.8 Å². The summed E-state index contributed by atoms with van der Waals surface area (Å²) in [5.41, 5.74) is -0.0159. The number of carbonyl (C=O) groups is 2. The topological polar surface area (TPSA) is 87.7 Å². The van der Waals surface area contributed by atoms with Crippen molar-refractivity contribution in [1.29, 1.82) is 0 Å². The molecule has 2 amide bonds. The molecule has 3 N–H and O–H groups in total. The fourth-order valence-electron chi connectivity index (χ4n) is 2.58. The van der Waals surface area contributed by atoms with Crippen LogP contribution >= 0.6 is 0 Å². The molecule has 0 bridgehead atoms. The Labute approximate surface area is 129 Å². The van der Waals surface area contributed by atoms with Gasteiger partial charge in [-0.25, -0.2) is 0 Å². The quantitative estimate of drug-likeness (QED) is 0.700. The van der Waals surface area contributed by atoms with E-state index in [0.29, 0.717) is 18.6 Å². The van der Waals surface area contributed by atoms with Gasteiger partial charge in [-0.1, -0.05) is 25.0 Å². The summed E-state index contributed by atoms with van der Waals surface area (Å²) in [5.74, 6) is -0.729. The molecule has 1 saturated carbocycles. The van der Waals surface area contributed by atoms with Gasteiger partial charge in [0.25, 0.3) is 0 Å². The summed E-state index contributed by atoms with van der Waals surface area (Å²) >= 11 is 0. The number of amides is 2. The molecule has 1 fully saturated rings. The molecule has 0 radical (unpaired) electrons. The van der Waals surface area contributed by atoms with Gasteiger partial charge in [0, 0.05) is 13.1 Å². The molecule has 0 saturated heterocycles. The second-order valence-electron chi connectivity index (χ2n) is 5.65. The van der Waals surface area contributed by atoms with Crippen LogP contribution in [0, 0.1) is 0 Å². The molecular formula is C16H22N2O4. The first-order valence-electron chi connectivity index (χ1n) is 7.44. The Morgan fingerprint density at radius 1 is 1.23 bits per heavy atom. The predicted molar refractivity (Wildman–Crippen MR) is 81.3 cm³/mol. The zero-order valence-electron chi connectivity index (χ0n) is 12.7. The largest absolute Gasteiger partial charge is 0.497 e. The Morgan fingerprint density at radius 2 is 1.91 bits per heavy atom. The average Bonchev–Trinajstić information content (AvgIpc) is 2.97. The van der Waals surface area contributed by atoms with Crippen molar-refractivity contribution in [2.24, 2.45) is 0 Å². The Bertz CT molecular complexity index is 539. The number of ether oxygens (including phenoxy) is 1. The van der Waals surface area contributed by atoms with Crippen LogP contribution in [0.1, 0.15) is 31.2 Å². The van der Waals surface area contributed by atoms with Crippen LogP contribution in [0.3, 0.4) is 0 Å². The van der Waals surface area contributed by atoms with Crippen LogP contribution in [0.25, 0.3) is 0 Å². The minimum absolute atomic E-state index is 0.123. The molecule has 6 nitrogen and oxygen atoms in total. The summed E-state index contributed by atoms with van der Waals surface area (Å²) < 4.78 is 5.10. The molecule has 0 spiro atoms. The van der Waals surface area contributed by atoms with Crippen molar-refractivity contribution in [3.63, 3.8) is 0 Å². The smallest absolute Gasteiger partial charge is 0.309 e. The minimum atomic E-state index is -0.858. The molecule has 1 aromatic rings. The Kier molecular flexibility index (Phi) is 5.38. The third kappa shape index (κ3) is 4.46. The molecular weight excluding hydrogens is 284 g/mol. The van der Waals surface area contributed by atoms with Gasteiger partial charge in [-0.3, -0.25) is 9.59 Å². The lowest BCUT2D eigenvalue weighted by Crippen LogP contribution is -2.46. The van der Waals surface area contributed by atoms with Crippen LogP contribution < -0.4 is 15.4 Å². The highest BCUT2D eigenvalue weighted by molar-refractivity contribution is 6.35. The van der Waals surface area contributed by atoms with E-state index >= 15 is 0 Å². The summed E-state index contributed by atoms with van der Waals surface area (Å²) in [6.07, 6.45) is 3.24. The Hall–Kier alpha value is -2.08. The van der Waals surface area contributed by atoms with E-state index in [1.807, 2.05) is 12.1 Å². The fourth-order valence-corrected chi connectivity index (χ4v) is 2.58. The summed E-state index contributed by atoms with van der Waals surface area (Å²) in [5, 5.41) is 15.2. The molecule has 1 aliphatic rings. The van der Waals surface area contributed by atoms with Crippen molar-refractivity contribution < 1.29 is 19.4 Å². The molecule has 0 aromatic heterocycles. The lowest BCUT2D eigenvalue weighted by atomic mass is 10.0. The van der Waals surface area contributed by atoms with Gasteiger partial charge >= 0.3 is 11.8 Å². The molecule has 0 heterocycles. The molecule has 6 heteroatoms. The first-order valence-corrected chi connectivity index (χ1v) is 7.44. The highest BCUT2D eigenvalue weighted by atomic mass is 16.5. The van der Waals surface area contributed by atoms with Crippen molar-refractivity contribution in [2.45, 2.75) is 37.8 Å². The van der Waals surface area contributed by atoms with Gasteiger partial charge in [0.05, 0.1) is 12.7 Å². The van der Waals surface area contributed by atoms with Crippen molar-refractivity contribution in [2.75, 3.05) is 13.7 Å². The minimum Gasteiger partial charge on any atom is -0.497 e. The predicted octanol–water partition coefficient (Wildman–Crippen LogP) is 0.733. The SMILES string of the molecule is COc1cccc(CNC(=O)C(=O)NCC2(O)CCCC2)c1. The van der Waals surface area contributed by atoms with Gasteiger partial charge in [-0.15, -0.1) is 0 Å². The van der Waals surface area contributed by atoms with Gasteiger partial charge in [0.15, 0.2) is 0 Å². The summed E-state index contributed by atoms with van der Waals surface area (Å²) in [6, 6.07) is 7.25. The van der Waals surface area contributed by atoms with E-state index in [1.165, 1.54) is 0 Å². The first kappa shape index (κ1) is 16.3. The van der Waals surface area contributed by atoms with E-state index in [9.17, 15) is 14.7 Å². The van der Waals surface area contributed by atoms with Crippen molar-refractivity contribution in [1.82, 2.24) is 10.6 Å². The van der Waals surface area contributed by atoms with Gasteiger partial charge in [-0.05, 0) is 30.5 Å². The monoisotopic (exact) mass is 306 g/mol. The van der Waals surface area contributed by atoms with Crippen LogP contribution in [0.2, 0.25) is 0 Å². The number of methoxy groups -OCH3 is 1. The van der Waals surface area contributed by atoms with E-state index in [1.54, 1.807) is 19.2 Å². The standard InChI is InChI=1S/C16H22N2O4/c1-22-13-6-4-5-12(9-13)10-17-14(19)15(20)18-11-16(21)7-2-3-8-16/h4-6,9,21H,2-3,7-8,10-11H2,1H3,(H,17,19)(H,18,20). The van der Waals surface area contributed by atoms with Crippen LogP contribution in [0.4, 0.5) is 0 Å². The molecule has 0 aliphatic heterocycles. The third-order valence-electron chi connectivity index (χ3n) is 3.91. The molecule has 1 aromatic carbocycles. The van der Waals surface area contributed by atoms with Crippen LogP contribution in [0.5, 0.6) is 5.75 Å². The number of benzene rings is 1. The lowest BCUT2D eigenvalue weighted by Gasteiger charge is -2.22. The van der Waals surface area contributed by atoms with Gasteiger partial charge in [-0.2, -0.15) is 0 Å². The number of aliphatic hydroxyl groups is 1. The van der Waals surface area contributed by atoms with E-state index in [0.717, 1.165) is 18.4 Å². The molecule has 2 rings (SSSR count). The second kappa shape index (κ2) is 7.26. The molecule has 0 unspecified atom stereocenters. The summed E-state index contributed by atoms with van der Waals surface area (Å²) in [7, 11) is 1.57. The zero-order chi connectivity index (χ0) is 16.0. The van der Waals surface area contributed by atoms with E-state index in [4.69, 9.17) is 4.74 Å². The highest BCUT2D eigenvalue weighted by Crippen LogP contribution is 2.28. The number of carbonyl (C=O) groups excluding carboxylic acids is 2. The van der Waals surface area contributed by atoms with E-state index in [-0.39, 0.29) is 13.1 Å². The van der Waals surface area contributed by atoms with E-state index < -0.39 is 17.4 Å². The Morgan fingerprint density at radius 3 is 2.59 bits per heavy atom.